The molecule has 0 unspecified atom stereocenters. The van der Waals surface area contributed by atoms with Crippen LogP contribution in [0.25, 0.3) is 10.9 Å². The van der Waals surface area contributed by atoms with Crippen molar-refractivity contribution in [3.05, 3.63) is 104 Å². The van der Waals surface area contributed by atoms with Crippen molar-refractivity contribution in [2.45, 2.75) is 13.5 Å². The van der Waals surface area contributed by atoms with Gasteiger partial charge < -0.3 is 4.74 Å². The van der Waals surface area contributed by atoms with Gasteiger partial charge in [-0.25, -0.2) is 4.98 Å². The van der Waals surface area contributed by atoms with Gasteiger partial charge in [-0.2, -0.15) is 15.0 Å². The molecule has 0 aliphatic carbocycles. The first kappa shape index (κ1) is 20.5. The van der Waals surface area contributed by atoms with Gasteiger partial charge in [-0.05, 0) is 61.0 Å². The van der Waals surface area contributed by atoms with E-state index in [1.807, 2.05) is 48.5 Å². The SMILES string of the molecule is Cc1nc2ccc(Br)cc2c(=O)n1N=Cc1ccc(OCc2ccccc2C#N)cc1. The van der Waals surface area contributed by atoms with Crippen LogP contribution in [0.2, 0.25) is 0 Å². The molecule has 0 N–H and O–H groups in total. The predicted octanol–water partition coefficient (Wildman–Crippen LogP) is 4.80. The summed E-state index contributed by atoms with van der Waals surface area (Å²) in [4.78, 5) is 17.3. The Morgan fingerprint density at radius 2 is 1.94 bits per heavy atom. The predicted molar refractivity (Wildman–Crippen MR) is 123 cm³/mol. The van der Waals surface area contributed by atoms with E-state index in [0.717, 1.165) is 15.6 Å². The number of rotatable bonds is 5. The second-order valence-corrected chi connectivity index (χ2v) is 7.72. The lowest BCUT2D eigenvalue weighted by Crippen LogP contribution is -2.20. The van der Waals surface area contributed by atoms with Crippen LogP contribution in [-0.4, -0.2) is 15.9 Å². The van der Waals surface area contributed by atoms with Gasteiger partial charge in [0.15, 0.2) is 0 Å². The fourth-order valence-electron chi connectivity index (χ4n) is 3.09. The first-order valence-corrected chi connectivity index (χ1v) is 10.3. The topological polar surface area (TPSA) is 80.3 Å². The normalized spacial score (nSPS) is 11.0. The van der Waals surface area contributed by atoms with E-state index in [4.69, 9.17) is 10.00 Å². The van der Waals surface area contributed by atoms with E-state index in [1.54, 1.807) is 31.3 Å². The lowest BCUT2D eigenvalue weighted by molar-refractivity contribution is 0.306. The zero-order chi connectivity index (χ0) is 21.8. The molecule has 1 heterocycles. The lowest BCUT2D eigenvalue weighted by atomic mass is 10.1. The van der Waals surface area contributed by atoms with E-state index in [0.29, 0.717) is 34.6 Å². The summed E-state index contributed by atoms with van der Waals surface area (Å²) in [5, 5.41) is 14.0. The molecule has 4 aromatic rings. The molecule has 0 saturated carbocycles. The van der Waals surface area contributed by atoms with Crippen LogP contribution in [0.1, 0.15) is 22.5 Å². The number of benzene rings is 3. The molecular formula is C24H17BrN4O2. The molecular weight excluding hydrogens is 456 g/mol. The summed E-state index contributed by atoms with van der Waals surface area (Å²) < 4.78 is 7.89. The summed E-state index contributed by atoms with van der Waals surface area (Å²) in [6.45, 7) is 2.06. The second kappa shape index (κ2) is 8.94. The highest BCUT2D eigenvalue weighted by Crippen LogP contribution is 2.17. The van der Waals surface area contributed by atoms with Crippen molar-refractivity contribution in [2.24, 2.45) is 5.10 Å². The molecule has 0 fully saturated rings. The van der Waals surface area contributed by atoms with E-state index in [9.17, 15) is 4.79 Å². The van der Waals surface area contributed by atoms with Crippen molar-refractivity contribution in [2.75, 3.05) is 0 Å². The van der Waals surface area contributed by atoms with Crippen LogP contribution >= 0.6 is 15.9 Å². The van der Waals surface area contributed by atoms with Crippen LogP contribution in [-0.2, 0) is 6.61 Å². The Kier molecular flexibility index (Phi) is 5.92. The van der Waals surface area contributed by atoms with Crippen LogP contribution in [0.3, 0.4) is 0 Å². The van der Waals surface area contributed by atoms with Gasteiger partial charge in [0.1, 0.15) is 18.2 Å². The molecule has 0 bridgehead atoms. The number of ether oxygens (including phenoxy) is 1. The highest BCUT2D eigenvalue weighted by molar-refractivity contribution is 9.10. The summed E-state index contributed by atoms with van der Waals surface area (Å²) in [7, 11) is 0. The molecule has 0 amide bonds. The summed E-state index contributed by atoms with van der Waals surface area (Å²) >= 11 is 3.39. The first-order valence-electron chi connectivity index (χ1n) is 9.49. The molecule has 0 atom stereocenters. The van der Waals surface area contributed by atoms with Crippen molar-refractivity contribution >= 4 is 33.0 Å². The van der Waals surface area contributed by atoms with E-state index in [1.165, 1.54) is 4.68 Å². The average Bonchev–Trinajstić information content (AvgIpc) is 2.79. The molecule has 3 aromatic carbocycles. The Labute approximate surface area is 187 Å². The fraction of sp³-hybridized carbons (Fsp3) is 0.0833. The van der Waals surface area contributed by atoms with Gasteiger partial charge in [0.25, 0.3) is 5.56 Å². The van der Waals surface area contributed by atoms with Crippen molar-refractivity contribution in [1.29, 1.82) is 5.26 Å². The smallest absolute Gasteiger partial charge is 0.282 e. The molecule has 0 spiro atoms. The van der Waals surface area contributed by atoms with Crippen molar-refractivity contribution in [1.82, 2.24) is 9.66 Å². The minimum Gasteiger partial charge on any atom is -0.489 e. The molecule has 0 aliphatic heterocycles. The Balaban J connectivity index is 1.52. The monoisotopic (exact) mass is 472 g/mol. The highest BCUT2D eigenvalue weighted by atomic mass is 79.9. The molecule has 0 radical (unpaired) electrons. The number of nitrogens with zero attached hydrogens (tertiary/aromatic N) is 4. The van der Waals surface area contributed by atoms with E-state index < -0.39 is 0 Å². The Morgan fingerprint density at radius 1 is 1.16 bits per heavy atom. The Morgan fingerprint density at radius 3 is 2.71 bits per heavy atom. The number of aryl methyl sites for hydroxylation is 1. The fourth-order valence-corrected chi connectivity index (χ4v) is 3.45. The third kappa shape index (κ3) is 4.55. The molecule has 1 aromatic heterocycles. The van der Waals surface area contributed by atoms with Crippen LogP contribution < -0.4 is 10.3 Å². The molecule has 0 saturated heterocycles. The van der Waals surface area contributed by atoms with Gasteiger partial charge in [-0.3, -0.25) is 4.79 Å². The molecule has 152 valence electrons. The van der Waals surface area contributed by atoms with Crippen LogP contribution in [0, 0.1) is 18.3 Å². The van der Waals surface area contributed by atoms with E-state index in [-0.39, 0.29) is 5.56 Å². The van der Waals surface area contributed by atoms with Gasteiger partial charge in [0, 0.05) is 10.0 Å². The van der Waals surface area contributed by atoms with Gasteiger partial charge in [-0.1, -0.05) is 34.1 Å². The van der Waals surface area contributed by atoms with Gasteiger partial charge >= 0.3 is 0 Å². The largest absolute Gasteiger partial charge is 0.489 e. The molecule has 31 heavy (non-hydrogen) atoms. The summed E-state index contributed by atoms with van der Waals surface area (Å²) in [6.07, 6.45) is 1.61. The van der Waals surface area contributed by atoms with E-state index in [2.05, 4.69) is 32.1 Å². The second-order valence-electron chi connectivity index (χ2n) is 6.81. The van der Waals surface area contributed by atoms with Crippen molar-refractivity contribution in [3.8, 4) is 11.8 Å². The number of fused-ring (bicyclic) bond motifs is 1. The summed E-state index contributed by atoms with van der Waals surface area (Å²) in [6, 6.07) is 22.2. The van der Waals surface area contributed by atoms with Crippen LogP contribution in [0.5, 0.6) is 5.75 Å². The summed E-state index contributed by atoms with van der Waals surface area (Å²) in [5.74, 6) is 1.18. The standard InChI is InChI=1S/C24H17BrN4O2/c1-16-28-23-11-8-20(25)12-22(23)24(30)29(16)27-14-17-6-9-21(10-7-17)31-15-19-5-3-2-4-18(19)13-26/h2-12,14H,15H2,1H3. The minimum atomic E-state index is -0.226. The maximum Gasteiger partial charge on any atom is 0.282 e. The average molecular weight is 473 g/mol. The number of aromatic nitrogens is 2. The third-order valence-corrected chi connectivity index (χ3v) is 5.20. The first-order chi connectivity index (χ1) is 15.0. The maximum atomic E-state index is 12.8. The maximum absolute atomic E-state index is 12.8. The highest BCUT2D eigenvalue weighted by Gasteiger charge is 2.08. The molecule has 6 nitrogen and oxygen atoms in total. The van der Waals surface area contributed by atoms with Gasteiger partial charge in [-0.15, -0.1) is 0 Å². The van der Waals surface area contributed by atoms with Crippen molar-refractivity contribution < 1.29 is 4.74 Å². The van der Waals surface area contributed by atoms with Crippen molar-refractivity contribution in [3.63, 3.8) is 0 Å². The lowest BCUT2D eigenvalue weighted by Gasteiger charge is -2.08. The van der Waals surface area contributed by atoms with Gasteiger partial charge in [0.05, 0.1) is 28.8 Å². The molecule has 7 heteroatoms. The quantitative estimate of drug-likeness (QED) is 0.390. The van der Waals surface area contributed by atoms with Gasteiger partial charge in [0.2, 0.25) is 0 Å². The van der Waals surface area contributed by atoms with E-state index >= 15 is 0 Å². The number of hydrogen-bond acceptors (Lipinski definition) is 5. The Hall–Kier alpha value is -3.76. The number of halogens is 1. The molecule has 4 rings (SSSR count). The number of hydrogen-bond donors (Lipinski definition) is 0. The minimum absolute atomic E-state index is 0.226. The number of nitriles is 1. The van der Waals surface area contributed by atoms with Crippen LogP contribution in [0.4, 0.5) is 0 Å². The Bertz CT molecular complexity index is 1390. The molecule has 0 aliphatic rings. The summed E-state index contributed by atoms with van der Waals surface area (Å²) in [5.41, 5.74) is 2.65. The third-order valence-electron chi connectivity index (χ3n) is 4.70. The zero-order valence-corrected chi connectivity index (χ0v) is 18.2. The van der Waals surface area contributed by atoms with Crippen LogP contribution in [0.15, 0.2) is 81.1 Å². The zero-order valence-electron chi connectivity index (χ0n) is 16.6.